The minimum Gasteiger partial charge on any atom is -0.475 e. The van der Waals surface area contributed by atoms with Gasteiger partial charge in [0, 0.05) is 54.7 Å². The Morgan fingerprint density at radius 3 is 2.23 bits per heavy atom. The van der Waals surface area contributed by atoms with E-state index in [2.05, 4.69) is 63.0 Å². The zero-order valence-electron chi connectivity index (χ0n) is 26.4. The molecule has 1 aliphatic rings. The van der Waals surface area contributed by atoms with Gasteiger partial charge in [0.1, 0.15) is 5.65 Å². The second kappa shape index (κ2) is 14.5. The van der Waals surface area contributed by atoms with Crippen molar-refractivity contribution < 1.29 is 37.4 Å². The average molecular weight is 652 g/mol. The summed E-state index contributed by atoms with van der Waals surface area (Å²) in [6, 6.07) is 16.3. The van der Waals surface area contributed by atoms with E-state index in [4.69, 9.17) is 14.6 Å². The summed E-state index contributed by atoms with van der Waals surface area (Å²) in [5.74, 6) is -3.45. The van der Waals surface area contributed by atoms with Crippen molar-refractivity contribution in [1.29, 1.82) is 0 Å². The molecule has 13 heteroatoms. The van der Waals surface area contributed by atoms with Crippen LogP contribution in [0.1, 0.15) is 29.8 Å². The van der Waals surface area contributed by atoms with Crippen LogP contribution in [-0.4, -0.2) is 83.3 Å². The summed E-state index contributed by atoms with van der Waals surface area (Å²) in [5.41, 5.74) is 7.50. The molecule has 47 heavy (non-hydrogen) atoms. The number of hydrogen-bond acceptors (Lipinski definition) is 7. The second-order valence-corrected chi connectivity index (χ2v) is 11.3. The van der Waals surface area contributed by atoms with Gasteiger partial charge in [-0.1, -0.05) is 30.8 Å². The SMILES string of the molecule is C=CC(=O)Nc1cc(-c2c(-c3ccc(N4CCN(C)CC4)cc3)[nH]c3ncc(C(=O)OC(C)C)cc23)ccc1C.O=C(O)C(F)(F)F. The van der Waals surface area contributed by atoms with E-state index in [1.165, 1.54) is 11.8 Å². The number of ether oxygens (including phenoxy) is 1. The van der Waals surface area contributed by atoms with Crippen LogP contribution in [0, 0.1) is 6.92 Å². The van der Waals surface area contributed by atoms with Crippen LogP contribution < -0.4 is 10.2 Å². The number of anilines is 2. The number of aliphatic carboxylic acids is 1. The lowest BCUT2D eigenvalue weighted by Gasteiger charge is -2.34. The molecule has 1 amide bonds. The number of amides is 1. The Kier molecular flexibility index (Phi) is 10.7. The van der Waals surface area contributed by atoms with E-state index >= 15 is 0 Å². The molecule has 2 aromatic heterocycles. The number of carbonyl (C=O) groups excluding carboxylic acids is 2. The summed E-state index contributed by atoms with van der Waals surface area (Å²) in [6.07, 6.45) is -2.53. The molecule has 0 unspecified atom stereocenters. The summed E-state index contributed by atoms with van der Waals surface area (Å²) < 4.78 is 37.2. The number of aryl methyl sites for hydroxylation is 1. The Balaban J connectivity index is 0.000000644. The second-order valence-electron chi connectivity index (χ2n) is 11.3. The number of nitrogens with one attached hydrogen (secondary N) is 2. The van der Waals surface area contributed by atoms with E-state index in [-0.39, 0.29) is 12.0 Å². The van der Waals surface area contributed by atoms with Crippen molar-refractivity contribution in [3.05, 3.63) is 78.5 Å². The van der Waals surface area contributed by atoms with Gasteiger partial charge in [0.15, 0.2) is 0 Å². The van der Waals surface area contributed by atoms with Crippen molar-refractivity contribution in [2.45, 2.75) is 33.1 Å². The Labute approximate surface area is 269 Å². The van der Waals surface area contributed by atoms with E-state index in [9.17, 15) is 22.8 Å². The van der Waals surface area contributed by atoms with E-state index in [0.29, 0.717) is 16.9 Å². The first-order valence-electron chi connectivity index (χ1n) is 14.8. The van der Waals surface area contributed by atoms with Crippen LogP contribution in [-0.2, 0) is 14.3 Å². The predicted molar refractivity (Wildman–Crippen MR) is 174 cm³/mol. The number of pyridine rings is 1. The molecule has 3 N–H and O–H groups in total. The lowest BCUT2D eigenvalue weighted by molar-refractivity contribution is -0.192. The van der Waals surface area contributed by atoms with Gasteiger partial charge in [-0.05, 0) is 74.9 Å². The summed E-state index contributed by atoms with van der Waals surface area (Å²) >= 11 is 0. The normalized spacial score (nSPS) is 13.6. The Morgan fingerprint density at radius 1 is 1.04 bits per heavy atom. The largest absolute Gasteiger partial charge is 0.490 e. The van der Waals surface area contributed by atoms with Crippen LogP contribution in [0.3, 0.4) is 0 Å². The highest BCUT2D eigenvalue weighted by Gasteiger charge is 2.38. The summed E-state index contributed by atoms with van der Waals surface area (Å²) in [7, 11) is 2.15. The number of aromatic amines is 1. The Morgan fingerprint density at radius 2 is 1.66 bits per heavy atom. The van der Waals surface area contributed by atoms with Gasteiger partial charge in [0.05, 0.1) is 17.4 Å². The number of halogens is 3. The number of piperazine rings is 1. The molecule has 0 aliphatic carbocycles. The molecule has 0 bridgehead atoms. The first-order valence-corrected chi connectivity index (χ1v) is 14.8. The number of likely N-dealkylation sites (N-methyl/N-ethyl adjacent to an activating group) is 1. The molecule has 248 valence electrons. The van der Waals surface area contributed by atoms with E-state index < -0.39 is 18.1 Å². The highest BCUT2D eigenvalue weighted by atomic mass is 19.4. The molecule has 1 aliphatic heterocycles. The topological polar surface area (TPSA) is 128 Å². The van der Waals surface area contributed by atoms with Crippen molar-refractivity contribution in [1.82, 2.24) is 14.9 Å². The quantitative estimate of drug-likeness (QED) is 0.157. The van der Waals surface area contributed by atoms with E-state index in [1.54, 1.807) is 6.20 Å². The van der Waals surface area contributed by atoms with Crippen molar-refractivity contribution in [3.63, 3.8) is 0 Å². The van der Waals surface area contributed by atoms with Gasteiger partial charge >= 0.3 is 18.1 Å². The number of fused-ring (bicyclic) bond motifs is 1. The molecule has 0 saturated carbocycles. The van der Waals surface area contributed by atoms with Crippen molar-refractivity contribution >= 4 is 40.3 Å². The molecule has 1 fully saturated rings. The molecule has 4 aromatic rings. The number of carboxylic acid groups (broad SMARTS) is 1. The third kappa shape index (κ3) is 8.55. The van der Waals surface area contributed by atoms with Gasteiger partial charge in [0.2, 0.25) is 5.91 Å². The molecular weight excluding hydrogens is 615 g/mol. The van der Waals surface area contributed by atoms with Crippen LogP contribution in [0.25, 0.3) is 33.4 Å². The monoisotopic (exact) mass is 651 g/mol. The molecule has 2 aromatic carbocycles. The Hall–Kier alpha value is -5.17. The van der Waals surface area contributed by atoms with Crippen molar-refractivity contribution in [3.8, 4) is 22.4 Å². The maximum absolute atomic E-state index is 12.7. The zero-order valence-corrected chi connectivity index (χ0v) is 26.4. The predicted octanol–water partition coefficient (Wildman–Crippen LogP) is 6.28. The van der Waals surface area contributed by atoms with Crippen molar-refractivity contribution in [2.24, 2.45) is 0 Å². The third-order valence-corrected chi connectivity index (χ3v) is 7.47. The fraction of sp³-hybridized carbons (Fsp3) is 0.294. The first kappa shape index (κ1) is 34.7. The lowest BCUT2D eigenvalue weighted by Crippen LogP contribution is -2.44. The highest BCUT2D eigenvalue weighted by molar-refractivity contribution is 6.06. The standard InChI is InChI=1S/C32H35N5O3.C2HF3O2/c1-6-28(38)34-27-18-23(8-7-21(27)4)29-26-17-24(32(39)40-20(2)3)19-33-31(26)35-30(29)22-9-11-25(12-10-22)37-15-13-36(5)14-16-37;3-2(4,5)1(6)7/h6-12,17-20H,1,13-16H2,2-5H3,(H,33,35)(H,34,38);(H,6,7). The molecule has 3 heterocycles. The fourth-order valence-electron chi connectivity index (χ4n) is 4.98. The number of rotatable bonds is 7. The first-order chi connectivity index (χ1) is 22.2. The molecule has 1 saturated heterocycles. The third-order valence-electron chi connectivity index (χ3n) is 7.47. The van der Waals surface area contributed by atoms with E-state index in [1.807, 2.05) is 45.0 Å². The maximum atomic E-state index is 12.7. The fourth-order valence-corrected chi connectivity index (χ4v) is 4.98. The summed E-state index contributed by atoms with van der Waals surface area (Å²) in [4.78, 5) is 46.6. The van der Waals surface area contributed by atoms with Gasteiger partial charge in [0.25, 0.3) is 0 Å². The number of H-pyrrole nitrogens is 1. The van der Waals surface area contributed by atoms with Gasteiger partial charge in [-0.2, -0.15) is 13.2 Å². The van der Waals surface area contributed by atoms with Crippen LogP contribution in [0.5, 0.6) is 0 Å². The van der Waals surface area contributed by atoms with Gasteiger partial charge in [-0.25, -0.2) is 14.6 Å². The zero-order chi connectivity index (χ0) is 34.5. The number of carboxylic acids is 1. The Bertz CT molecular complexity index is 1780. The van der Waals surface area contributed by atoms with Gasteiger partial charge < -0.3 is 29.9 Å². The number of esters is 1. The number of hydrogen-bond donors (Lipinski definition) is 3. The minimum absolute atomic E-state index is 0.239. The molecule has 5 rings (SSSR count). The number of benzene rings is 2. The minimum atomic E-state index is -5.08. The van der Waals surface area contributed by atoms with E-state index in [0.717, 1.165) is 59.5 Å². The van der Waals surface area contributed by atoms with Crippen LogP contribution in [0.15, 0.2) is 67.4 Å². The molecule has 10 nitrogen and oxygen atoms in total. The maximum Gasteiger partial charge on any atom is 0.490 e. The van der Waals surface area contributed by atoms with Crippen molar-refractivity contribution in [2.75, 3.05) is 43.4 Å². The number of alkyl halides is 3. The smallest absolute Gasteiger partial charge is 0.475 e. The molecular formula is C34H36F3N5O5. The average Bonchev–Trinajstić information content (AvgIpc) is 3.41. The van der Waals surface area contributed by atoms with Crippen LogP contribution >= 0.6 is 0 Å². The number of aromatic nitrogens is 2. The number of carbonyl (C=O) groups is 3. The molecule has 0 spiro atoms. The van der Waals surface area contributed by atoms with Gasteiger partial charge in [-0.3, -0.25) is 4.79 Å². The van der Waals surface area contributed by atoms with Crippen LogP contribution in [0.4, 0.5) is 24.5 Å². The molecule has 0 atom stereocenters. The summed E-state index contributed by atoms with van der Waals surface area (Å²) in [5, 5.41) is 10.8. The highest BCUT2D eigenvalue weighted by Crippen LogP contribution is 2.40. The summed E-state index contributed by atoms with van der Waals surface area (Å²) in [6.45, 7) is 13.2. The number of nitrogens with zero attached hydrogens (tertiary/aromatic N) is 3. The molecule has 0 radical (unpaired) electrons. The lowest BCUT2D eigenvalue weighted by atomic mass is 9.96. The van der Waals surface area contributed by atoms with Gasteiger partial charge in [-0.15, -0.1) is 0 Å². The van der Waals surface area contributed by atoms with Crippen LogP contribution in [0.2, 0.25) is 0 Å².